The maximum atomic E-state index is 11.8. The molecule has 0 spiro atoms. The van der Waals surface area contributed by atoms with Crippen LogP contribution in [-0.2, 0) is 4.79 Å². The molecule has 1 fully saturated rings. The SMILES string of the molecule is CCCC1CC(=O)N(CC(O)CNC(C)(C)C)C1. The standard InChI is InChI=1S/C14H28N2O2/c1-5-6-11-7-13(18)16(9-11)10-12(17)8-15-14(2,3)4/h11-12,15,17H,5-10H2,1-4H3. The molecule has 1 rings (SSSR count). The van der Waals surface area contributed by atoms with Crippen LogP contribution in [0.5, 0.6) is 0 Å². The number of aliphatic hydroxyl groups excluding tert-OH is 1. The Morgan fingerprint density at radius 2 is 2.17 bits per heavy atom. The van der Waals surface area contributed by atoms with E-state index in [1.165, 1.54) is 0 Å². The van der Waals surface area contributed by atoms with Gasteiger partial charge in [-0.25, -0.2) is 0 Å². The van der Waals surface area contributed by atoms with E-state index >= 15 is 0 Å². The van der Waals surface area contributed by atoms with E-state index in [4.69, 9.17) is 0 Å². The minimum Gasteiger partial charge on any atom is -0.390 e. The van der Waals surface area contributed by atoms with E-state index in [-0.39, 0.29) is 11.4 Å². The highest BCUT2D eigenvalue weighted by Crippen LogP contribution is 2.22. The molecule has 2 N–H and O–H groups in total. The van der Waals surface area contributed by atoms with Crippen molar-refractivity contribution in [1.29, 1.82) is 0 Å². The number of carbonyl (C=O) groups excluding carboxylic acids is 1. The first kappa shape index (κ1) is 15.4. The second-order valence-electron chi connectivity index (χ2n) is 6.44. The minimum atomic E-state index is -0.478. The molecule has 106 valence electrons. The first-order chi connectivity index (χ1) is 8.31. The summed E-state index contributed by atoms with van der Waals surface area (Å²) in [4.78, 5) is 13.6. The van der Waals surface area contributed by atoms with Crippen LogP contribution in [0.2, 0.25) is 0 Å². The molecule has 0 radical (unpaired) electrons. The maximum Gasteiger partial charge on any atom is 0.223 e. The van der Waals surface area contributed by atoms with Crippen LogP contribution in [0.4, 0.5) is 0 Å². The number of β-amino-alcohol motifs (C(OH)–C–C–N with tert-alkyl or cyclic N) is 1. The topological polar surface area (TPSA) is 52.6 Å². The van der Waals surface area contributed by atoms with Crippen molar-refractivity contribution >= 4 is 5.91 Å². The second-order valence-corrected chi connectivity index (χ2v) is 6.44. The van der Waals surface area contributed by atoms with Crippen molar-refractivity contribution in [2.75, 3.05) is 19.6 Å². The minimum absolute atomic E-state index is 0.000738. The molecule has 0 aromatic carbocycles. The lowest BCUT2D eigenvalue weighted by molar-refractivity contribution is -0.128. The number of nitrogens with zero attached hydrogens (tertiary/aromatic N) is 1. The molecule has 1 heterocycles. The van der Waals surface area contributed by atoms with Gasteiger partial charge in [0.2, 0.25) is 5.91 Å². The molecular weight excluding hydrogens is 228 g/mol. The summed E-state index contributed by atoms with van der Waals surface area (Å²) in [5.41, 5.74) is 0.000738. The monoisotopic (exact) mass is 256 g/mol. The van der Waals surface area contributed by atoms with Gasteiger partial charge in [0.15, 0.2) is 0 Å². The first-order valence-corrected chi connectivity index (χ1v) is 7.02. The van der Waals surface area contributed by atoms with Gasteiger partial charge in [-0.3, -0.25) is 4.79 Å². The highest BCUT2D eigenvalue weighted by Gasteiger charge is 2.30. The lowest BCUT2D eigenvalue weighted by atomic mass is 10.0. The van der Waals surface area contributed by atoms with Crippen molar-refractivity contribution in [3.63, 3.8) is 0 Å². The third-order valence-corrected chi connectivity index (χ3v) is 3.29. The predicted molar refractivity (Wildman–Crippen MR) is 73.4 cm³/mol. The predicted octanol–water partition coefficient (Wildman–Crippen LogP) is 1.38. The average molecular weight is 256 g/mol. The van der Waals surface area contributed by atoms with Crippen molar-refractivity contribution in [2.24, 2.45) is 5.92 Å². The number of hydrogen-bond donors (Lipinski definition) is 2. The number of hydrogen-bond acceptors (Lipinski definition) is 3. The third-order valence-electron chi connectivity index (χ3n) is 3.29. The van der Waals surface area contributed by atoms with E-state index in [1.54, 1.807) is 0 Å². The van der Waals surface area contributed by atoms with E-state index in [1.807, 2.05) is 4.90 Å². The van der Waals surface area contributed by atoms with Gasteiger partial charge in [-0.15, -0.1) is 0 Å². The molecule has 18 heavy (non-hydrogen) atoms. The number of amides is 1. The fraction of sp³-hybridized carbons (Fsp3) is 0.929. The Bertz CT molecular complexity index is 273. The zero-order valence-corrected chi connectivity index (χ0v) is 12.2. The third kappa shape index (κ3) is 5.36. The van der Waals surface area contributed by atoms with Crippen LogP contribution in [-0.4, -0.2) is 47.2 Å². The van der Waals surface area contributed by atoms with E-state index in [2.05, 4.69) is 33.0 Å². The van der Waals surface area contributed by atoms with Gasteiger partial charge in [0.25, 0.3) is 0 Å². The van der Waals surface area contributed by atoms with Crippen molar-refractivity contribution in [1.82, 2.24) is 10.2 Å². The molecule has 4 heteroatoms. The van der Waals surface area contributed by atoms with Crippen LogP contribution in [0, 0.1) is 5.92 Å². The van der Waals surface area contributed by atoms with Gasteiger partial charge in [-0.05, 0) is 33.1 Å². The van der Waals surface area contributed by atoms with Crippen LogP contribution in [0.15, 0.2) is 0 Å². The Labute approximate surface area is 111 Å². The van der Waals surface area contributed by atoms with Crippen LogP contribution in [0.1, 0.15) is 47.0 Å². The van der Waals surface area contributed by atoms with Crippen LogP contribution in [0.25, 0.3) is 0 Å². The van der Waals surface area contributed by atoms with Gasteiger partial charge < -0.3 is 15.3 Å². The number of likely N-dealkylation sites (tertiary alicyclic amines) is 1. The highest BCUT2D eigenvalue weighted by molar-refractivity contribution is 5.78. The van der Waals surface area contributed by atoms with Crippen LogP contribution >= 0.6 is 0 Å². The summed E-state index contributed by atoms with van der Waals surface area (Å²) in [7, 11) is 0. The molecule has 2 atom stereocenters. The molecule has 0 aromatic heterocycles. The van der Waals surface area contributed by atoms with Gasteiger partial charge in [-0.2, -0.15) is 0 Å². The fourth-order valence-electron chi connectivity index (χ4n) is 2.37. The summed E-state index contributed by atoms with van der Waals surface area (Å²) in [5.74, 6) is 0.688. The second kappa shape index (κ2) is 6.53. The van der Waals surface area contributed by atoms with Crippen molar-refractivity contribution in [3.05, 3.63) is 0 Å². The van der Waals surface area contributed by atoms with Gasteiger partial charge >= 0.3 is 0 Å². The quantitative estimate of drug-likeness (QED) is 0.755. The molecule has 1 aliphatic heterocycles. The summed E-state index contributed by atoms with van der Waals surface area (Å²) in [6.07, 6.45) is 2.42. The van der Waals surface area contributed by atoms with Gasteiger partial charge in [0, 0.05) is 31.6 Å². The summed E-state index contributed by atoms with van der Waals surface area (Å²) < 4.78 is 0. The Morgan fingerprint density at radius 3 is 2.72 bits per heavy atom. The van der Waals surface area contributed by atoms with Crippen molar-refractivity contribution < 1.29 is 9.90 Å². The molecular formula is C14H28N2O2. The lowest BCUT2D eigenvalue weighted by Gasteiger charge is -2.25. The van der Waals surface area contributed by atoms with Crippen LogP contribution < -0.4 is 5.32 Å². The zero-order valence-electron chi connectivity index (χ0n) is 12.2. The first-order valence-electron chi connectivity index (χ1n) is 7.02. The number of aliphatic hydroxyl groups is 1. The number of nitrogens with one attached hydrogen (secondary N) is 1. The summed E-state index contributed by atoms with van der Waals surface area (Å²) in [6.45, 7) is 10.2. The normalized spacial score (nSPS) is 22.6. The zero-order chi connectivity index (χ0) is 13.8. The largest absolute Gasteiger partial charge is 0.390 e. The molecule has 2 unspecified atom stereocenters. The number of carbonyl (C=O) groups is 1. The molecule has 0 saturated carbocycles. The van der Waals surface area contributed by atoms with Gasteiger partial charge in [0.05, 0.1) is 6.10 Å². The Morgan fingerprint density at radius 1 is 1.50 bits per heavy atom. The highest BCUT2D eigenvalue weighted by atomic mass is 16.3. The molecule has 1 aliphatic rings. The molecule has 1 saturated heterocycles. The van der Waals surface area contributed by atoms with E-state index < -0.39 is 6.10 Å². The maximum absolute atomic E-state index is 11.8. The lowest BCUT2D eigenvalue weighted by Crippen LogP contribution is -2.45. The molecule has 4 nitrogen and oxygen atoms in total. The smallest absolute Gasteiger partial charge is 0.223 e. The summed E-state index contributed by atoms with van der Waals surface area (Å²) >= 11 is 0. The Hall–Kier alpha value is -0.610. The average Bonchev–Trinajstić information content (AvgIpc) is 2.56. The molecule has 1 amide bonds. The van der Waals surface area contributed by atoms with E-state index in [0.29, 0.717) is 25.4 Å². The fourth-order valence-corrected chi connectivity index (χ4v) is 2.37. The van der Waals surface area contributed by atoms with E-state index in [0.717, 1.165) is 19.4 Å². The molecule has 0 bridgehead atoms. The van der Waals surface area contributed by atoms with Gasteiger partial charge in [-0.1, -0.05) is 13.3 Å². The Balaban J connectivity index is 2.32. The van der Waals surface area contributed by atoms with Crippen LogP contribution in [0.3, 0.4) is 0 Å². The molecule has 0 aromatic rings. The Kier molecular flexibility index (Phi) is 5.60. The van der Waals surface area contributed by atoms with Crippen molar-refractivity contribution in [2.45, 2.75) is 58.6 Å². The van der Waals surface area contributed by atoms with Crippen molar-refractivity contribution in [3.8, 4) is 0 Å². The summed E-state index contributed by atoms with van der Waals surface area (Å²) in [5, 5.41) is 13.2. The van der Waals surface area contributed by atoms with E-state index in [9.17, 15) is 9.90 Å². The molecule has 0 aliphatic carbocycles. The van der Waals surface area contributed by atoms with Gasteiger partial charge in [0.1, 0.15) is 0 Å². The number of rotatable bonds is 6. The summed E-state index contributed by atoms with van der Waals surface area (Å²) in [6, 6.07) is 0.